The number of nitrogens with zero attached hydrogens (tertiary/aromatic N) is 4. The zero-order chi connectivity index (χ0) is 16.9. The lowest BCUT2D eigenvalue weighted by molar-refractivity contribution is 0.0627. The summed E-state index contributed by atoms with van der Waals surface area (Å²) in [6, 6.07) is 0. The highest BCUT2D eigenvalue weighted by atomic mass is 16.2. The molecule has 0 radical (unpaired) electrons. The number of carbonyl (C=O) groups is 1. The van der Waals surface area contributed by atoms with Gasteiger partial charge in [0.1, 0.15) is 11.5 Å². The Bertz CT molecular complexity index is 785. The minimum absolute atomic E-state index is 0.0699. The number of hydrogen-bond donors (Lipinski definition) is 2. The molecular formula is C18H24N6O. The van der Waals surface area contributed by atoms with E-state index < -0.39 is 0 Å². The summed E-state index contributed by atoms with van der Waals surface area (Å²) >= 11 is 0. The molecule has 7 nitrogen and oxygen atoms in total. The fourth-order valence-corrected chi connectivity index (χ4v) is 4.81. The molecule has 0 saturated carbocycles. The topological polar surface area (TPSA) is 78.8 Å². The number of rotatable bonds is 1. The molecule has 1 spiro atoms. The largest absolute Gasteiger partial charge is 0.336 e. The van der Waals surface area contributed by atoms with E-state index in [9.17, 15) is 4.79 Å². The first-order chi connectivity index (χ1) is 12.3. The zero-order valence-electron chi connectivity index (χ0n) is 14.4. The van der Waals surface area contributed by atoms with Gasteiger partial charge >= 0.3 is 0 Å². The molecule has 1 atom stereocenters. The second-order valence-corrected chi connectivity index (χ2v) is 7.62. The fraction of sp³-hybridized carbons (Fsp3) is 0.611. The molecule has 2 aliphatic heterocycles. The van der Waals surface area contributed by atoms with E-state index in [0.717, 1.165) is 70.7 Å². The van der Waals surface area contributed by atoms with Crippen molar-refractivity contribution in [2.45, 2.75) is 44.1 Å². The highest BCUT2D eigenvalue weighted by Gasteiger charge is 2.44. The first kappa shape index (κ1) is 15.1. The smallest absolute Gasteiger partial charge is 0.274 e. The van der Waals surface area contributed by atoms with Gasteiger partial charge in [0.25, 0.3) is 5.91 Å². The summed E-state index contributed by atoms with van der Waals surface area (Å²) in [5.74, 6) is 1.11. The quantitative estimate of drug-likeness (QED) is 0.807. The van der Waals surface area contributed by atoms with E-state index in [1.807, 2.05) is 17.3 Å². The van der Waals surface area contributed by atoms with Gasteiger partial charge in [-0.15, -0.1) is 0 Å². The van der Waals surface area contributed by atoms with E-state index in [1.165, 1.54) is 11.3 Å². The number of H-pyrrole nitrogens is 1. The standard InChI is InChI=1S/C18H24N6O/c25-17(14-11-23-9-7-19-6-3-15(23)21-14)24-8-1-4-18(12-24)5-2-13-10-20-22-16(13)18/h10-11,19H,1-9,12H2,(H,20,22). The van der Waals surface area contributed by atoms with E-state index in [1.54, 1.807) is 0 Å². The van der Waals surface area contributed by atoms with Crippen LogP contribution in [0.4, 0.5) is 0 Å². The molecule has 1 amide bonds. The van der Waals surface area contributed by atoms with Gasteiger partial charge in [-0.25, -0.2) is 4.98 Å². The second kappa shape index (κ2) is 5.69. The van der Waals surface area contributed by atoms with Crippen LogP contribution < -0.4 is 5.32 Å². The molecule has 4 heterocycles. The summed E-state index contributed by atoms with van der Waals surface area (Å²) in [5, 5.41) is 10.8. The molecule has 1 saturated heterocycles. The number of piperidine rings is 1. The number of amides is 1. The Labute approximate surface area is 146 Å². The number of hydrogen-bond acceptors (Lipinski definition) is 4. The summed E-state index contributed by atoms with van der Waals surface area (Å²) in [5.41, 5.74) is 3.27. The van der Waals surface area contributed by atoms with Crippen molar-refractivity contribution in [1.82, 2.24) is 30.0 Å². The summed E-state index contributed by atoms with van der Waals surface area (Å²) in [6.45, 7) is 4.36. The maximum Gasteiger partial charge on any atom is 0.274 e. The SMILES string of the molecule is O=C(c1cn2c(n1)CCNCC2)N1CCCC2(CCc3cn[nH]c32)C1. The number of aromatic amines is 1. The number of nitrogens with one attached hydrogen (secondary N) is 2. The molecule has 25 heavy (non-hydrogen) atoms. The summed E-state index contributed by atoms with van der Waals surface area (Å²) in [4.78, 5) is 19.8. The third kappa shape index (κ3) is 2.40. The Kier molecular flexibility index (Phi) is 3.45. The van der Waals surface area contributed by atoms with E-state index in [4.69, 9.17) is 0 Å². The first-order valence-electron chi connectivity index (χ1n) is 9.34. The van der Waals surface area contributed by atoms with Gasteiger partial charge in [0.2, 0.25) is 0 Å². The maximum atomic E-state index is 13.1. The maximum absolute atomic E-state index is 13.1. The van der Waals surface area contributed by atoms with Crippen molar-refractivity contribution in [3.8, 4) is 0 Å². The van der Waals surface area contributed by atoms with Crippen LogP contribution >= 0.6 is 0 Å². The van der Waals surface area contributed by atoms with E-state index in [0.29, 0.717) is 5.69 Å². The first-order valence-corrected chi connectivity index (χ1v) is 9.34. The van der Waals surface area contributed by atoms with E-state index in [-0.39, 0.29) is 11.3 Å². The van der Waals surface area contributed by atoms with Crippen LogP contribution in [0.15, 0.2) is 12.4 Å². The highest BCUT2D eigenvalue weighted by Crippen LogP contribution is 2.44. The lowest BCUT2D eigenvalue weighted by Gasteiger charge is -2.40. The van der Waals surface area contributed by atoms with Crippen molar-refractivity contribution in [2.24, 2.45) is 0 Å². The van der Waals surface area contributed by atoms with Crippen molar-refractivity contribution in [3.05, 3.63) is 35.2 Å². The predicted molar refractivity (Wildman–Crippen MR) is 92.5 cm³/mol. The minimum atomic E-state index is 0.0699. The van der Waals surface area contributed by atoms with Crippen molar-refractivity contribution >= 4 is 5.91 Å². The van der Waals surface area contributed by atoms with Crippen LogP contribution in [0.1, 0.15) is 46.8 Å². The molecule has 5 rings (SSSR count). The number of likely N-dealkylation sites (tertiary alicyclic amines) is 1. The van der Waals surface area contributed by atoms with Crippen molar-refractivity contribution in [1.29, 1.82) is 0 Å². The van der Waals surface area contributed by atoms with Crippen molar-refractivity contribution in [2.75, 3.05) is 26.2 Å². The van der Waals surface area contributed by atoms with Gasteiger partial charge in [-0.3, -0.25) is 9.89 Å². The number of aryl methyl sites for hydroxylation is 1. The Morgan fingerprint density at radius 3 is 3.12 bits per heavy atom. The van der Waals surface area contributed by atoms with Gasteiger partial charge in [0.15, 0.2) is 0 Å². The second-order valence-electron chi connectivity index (χ2n) is 7.62. The van der Waals surface area contributed by atoms with Gasteiger partial charge in [-0.2, -0.15) is 5.10 Å². The van der Waals surface area contributed by atoms with Crippen LogP contribution in [0.3, 0.4) is 0 Å². The monoisotopic (exact) mass is 340 g/mol. The third-order valence-electron chi connectivity index (χ3n) is 6.12. The molecule has 1 aliphatic carbocycles. The fourth-order valence-electron chi connectivity index (χ4n) is 4.81. The normalized spacial score (nSPS) is 25.7. The average molecular weight is 340 g/mol. The molecule has 7 heteroatoms. The summed E-state index contributed by atoms with van der Waals surface area (Å²) in [6.07, 6.45) is 9.15. The van der Waals surface area contributed by atoms with Crippen molar-refractivity contribution < 1.29 is 4.79 Å². The van der Waals surface area contributed by atoms with Crippen LogP contribution in [0.25, 0.3) is 0 Å². The number of carbonyl (C=O) groups excluding carboxylic acids is 1. The lowest BCUT2D eigenvalue weighted by atomic mass is 9.77. The van der Waals surface area contributed by atoms with Gasteiger partial charge in [-0.1, -0.05) is 0 Å². The van der Waals surface area contributed by atoms with Gasteiger partial charge in [0, 0.05) is 56.5 Å². The molecular weight excluding hydrogens is 316 g/mol. The van der Waals surface area contributed by atoms with Crippen LogP contribution in [0.5, 0.6) is 0 Å². The number of aromatic nitrogens is 4. The zero-order valence-corrected chi connectivity index (χ0v) is 14.4. The molecule has 2 aromatic rings. The molecule has 1 fully saturated rings. The van der Waals surface area contributed by atoms with Crippen LogP contribution in [0.2, 0.25) is 0 Å². The van der Waals surface area contributed by atoms with Crippen molar-refractivity contribution in [3.63, 3.8) is 0 Å². The Balaban J connectivity index is 1.39. The van der Waals surface area contributed by atoms with Crippen LogP contribution in [-0.2, 0) is 24.8 Å². The van der Waals surface area contributed by atoms with E-state index in [2.05, 4.69) is 25.1 Å². The molecule has 132 valence electrons. The highest BCUT2D eigenvalue weighted by molar-refractivity contribution is 5.92. The van der Waals surface area contributed by atoms with Crippen LogP contribution in [0, 0.1) is 0 Å². The number of fused-ring (bicyclic) bond motifs is 3. The Hall–Kier alpha value is -2.15. The predicted octanol–water partition coefficient (Wildman–Crippen LogP) is 0.872. The van der Waals surface area contributed by atoms with Gasteiger partial charge in [-0.05, 0) is 31.2 Å². The molecule has 2 aromatic heterocycles. The molecule has 2 N–H and O–H groups in total. The average Bonchev–Trinajstić information content (AvgIpc) is 3.30. The minimum Gasteiger partial charge on any atom is -0.336 e. The van der Waals surface area contributed by atoms with Gasteiger partial charge in [0.05, 0.1) is 6.20 Å². The third-order valence-corrected chi connectivity index (χ3v) is 6.12. The number of imidazole rings is 1. The Morgan fingerprint density at radius 1 is 1.20 bits per heavy atom. The summed E-state index contributed by atoms with van der Waals surface area (Å²) in [7, 11) is 0. The molecule has 0 aromatic carbocycles. The molecule has 3 aliphatic rings. The lowest BCUT2D eigenvalue weighted by Crippen LogP contribution is -2.48. The van der Waals surface area contributed by atoms with E-state index >= 15 is 0 Å². The van der Waals surface area contributed by atoms with Gasteiger partial charge < -0.3 is 14.8 Å². The molecule has 1 unspecified atom stereocenters. The van der Waals surface area contributed by atoms with Crippen LogP contribution in [-0.4, -0.2) is 56.7 Å². The molecule has 0 bridgehead atoms. The summed E-state index contributed by atoms with van der Waals surface area (Å²) < 4.78 is 2.13. The Morgan fingerprint density at radius 2 is 2.16 bits per heavy atom.